The van der Waals surface area contributed by atoms with Crippen molar-refractivity contribution >= 4 is 28.7 Å². The normalized spacial score (nSPS) is 13.3. The van der Waals surface area contributed by atoms with Crippen molar-refractivity contribution in [3.63, 3.8) is 0 Å². The highest BCUT2D eigenvalue weighted by atomic mass is 16.5. The predicted molar refractivity (Wildman–Crippen MR) is 94.8 cm³/mol. The fraction of sp³-hybridized carbons (Fsp3) is 0.222. The fourth-order valence-corrected chi connectivity index (χ4v) is 3.14. The largest absolute Gasteiger partial charge is 0.465 e. The molecule has 0 atom stereocenters. The Morgan fingerprint density at radius 1 is 1.23 bits per heavy atom. The minimum atomic E-state index is -0.409. The van der Waals surface area contributed by atoms with Gasteiger partial charge in [0, 0.05) is 30.4 Å². The Morgan fingerprint density at radius 3 is 2.81 bits per heavy atom. The van der Waals surface area contributed by atoms with Crippen molar-refractivity contribution < 1.29 is 14.3 Å². The molecule has 3 aromatic rings. The molecule has 0 spiro atoms. The van der Waals surface area contributed by atoms with E-state index < -0.39 is 5.97 Å². The molecule has 1 aliphatic heterocycles. The zero-order valence-corrected chi connectivity index (χ0v) is 14.2. The lowest BCUT2D eigenvalue weighted by Crippen LogP contribution is -2.39. The van der Waals surface area contributed by atoms with Gasteiger partial charge in [0.1, 0.15) is 0 Å². The molecule has 132 valence electrons. The molecular formula is C18H17N5O3. The van der Waals surface area contributed by atoms with Gasteiger partial charge in [0.05, 0.1) is 18.9 Å². The molecule has 0 saturated carbocycles. The summed E-state index contributed by atoms with van der Waals surface area (Å²) in [5, 5.41) is 10.8. The molecule has 3 heterocycles. The molecule has 26 heavy (non-hydrogen) atoms. The van der Waals surface area contributed by atoms with Gasteiger partial charge in [-0.2, -0.15) is 5.10 Å². The summed E-state index contributed by atoms with van der Waals surface area (Å²) in [7, 11) is 1.33. The number of esters is 1. The SMILES string of the molecule is COC(=O)c1ccc(NC(=O)N2CCc3c(cnc4[nH]ncc34)C2)cc1. The van der Waals surface area contributed by atoms with Crippen LogP contribution < -0.4 is 5.32 Å². The van der Waals surface area contributed by atoms with Crippen LogP contribution in [0.5, 0.6) is 0 Å². The van der Waals surface area contributed by atoms with Gasteiger partial charge in [-0.25, -0.2) is 14.6 Å². The number of carbonyl (C=O) groups is 2. The number of amides is 2. The number of ether oxygens (including phenoxy) is 1. The maximum atomic E-state index is 12.6. The van der Waals surface area contributed by atoms with Crippen LogP contribution in [0.4, 0.5) is 10.5 Å². The Bertz CT molecular complexity index is 980. The number of methoxy groups -OCH3 is 1. The van der Waals surface area contributed by atoms with Crippen molar-refractivity contribution in [2.45, 2.75) is 13.0 Å². The number of aromatic nitrogens is 3. The van der Waals surface area contributed by atoms with E-state index in [1.165, 1.54) is 12.7 Å². The van der Waals surface area contributed by atoms with Gasteiger partial charge >= 0.3 is 12.0 Å². The number of rotatable bonds is 2. The number of anilines is 1. The van der Waals surface area contributed by atoms with Crippen molar-refractivity contribution in [1.29, 1.82) is 0 Å². The van der Waals surface area contributed by atoms with Crippen LogP contribution in [0.25, 0.3) is 11.0 Å². The quantitative estimate of drug-likeness (QED) is 0.690. The molecule has 4 rings (SSSR count). The first-order valence-corrected chi connectivity index (χ1v) is 8.20. The summed E-state index contributed by atoms with van der Waals surface area (Å²) in [6.45, 7) is 1.11. The van der Waals surface area contributed by atoms with E-state index in [-0.39, 0.29) is 6.03 Å². The number of fused-ring (bicyclic) bond motifs is 3. The van der Waals surface area contributed by atoms with E-state index in [9.17, 15) is 9.59 Å². The van der Waals surface area contributed by atoms with Gasteiger partial charge in [-0.1, -0.05) is 0 Å². The summed E-state index contributed by atoms with van der Waals surface area (Å²) in [6, 6.07) is 6.41. The summed E-state index contributed by atoms with van der Waals surface area (Å²) in [6.07, 6.45) is 4.32. The third kappa shape index (κ3) is 2.85. The molecular weight excluding hydrogens is 334 g/mol. The Morgan fingerprint density at radius 2 is 2.04 bits per heavy atom. The number of nitrogens with one attached hydrogen (secondary N) is 2. The molecule has 8 nitrogen and oxygen atoms in total. The predicted octanol–water partition coefficient (Wildman–Crippen LogP) is 2.33. The molecule has 0 bridgehead atoms. The average Bonchev–Trinajstić information content (AvgIpc) is 3.16. The minimum absolute atomic E-state index is 0.186. The molecule has 0 radical (unpaired) electrons. The standard InChI is InChI=1S/C18H17N5O3/c1-26-17(24)11-2-4-13(5-3-11)21-18(25)23-7-6-14-12(10-23)8-19-16-15(14)9-20-22-16/h2-5,8-9H,6-7,10H2,1H3,(H,21,25)(H,19,20,22). The number of benzene rings is 1. The van der Waals surface area contributed by atoms with Crippen LogP contribution in [0.15, 0.2) is 36.7 Å². The number of carbonyl (C=O) groups excluding carboxylic acids is 2. The molecule has 1 aromatic carbocycles. The maximum absolute atomic E-state index is 12.6. The van der Waals surface area contributed by atoms with Crippen molar-refractivity contribution in [2.24, 2.45) is 0 Å². The van der Waals surface area contributed by atoms with E-state index in [4.69, 9.17) is 0 Å². The lowest BCUT2D eigenvalue weighted by molar-refractivity contribution is 0.0600. The van der Waals surface area contributed by atoms with Crippen molar-refractivity contribution in [2.75, 3.05) is 19.0 Å². The van der Waals surface area contributed by atoms with E-state index in [0.717, 1.165) is 23.0 Å². The van der Waals surface area contributed by atoms with Gasteiger partial charge in [-0.15, -0.1) is 0 Å². The molecule has 0 aliphatic carbocycles. The van der Waals surface area contributed by atoms with Gasteiger partial charge in [-0.3, -0.25) is 5.10 Å². The van der Waals surface area contributed by atoms with Crippen LogP contribution in [0, 0.1) is 0 Å². The van der Waals surface area contributed by atoms with Crippen LogP contribution in [0.2, 0.25) is 0 Å². The Kier molecular flexibility index (Phi) is 4.00. The number of hydrogen-bond donors (Lipinski definition) is 2. The second-order valence-corrected chi connectivity index (χ2v) is 6.06. The topological polar surface area (TPSA) is 100 Å². The smallest absolute Gasteiger partial charge is 0.337 e. The van der Waals surface area contributed by atoms with Gasteiger partial charge < -0.3 is 15.0 Å². The molecule has 2 aromatic heterocycles. The lowest BCUT2D eigenvalue weighted by atomic mass is 9.99. The van der Waals surface area contributed by atoms with Crippen LogP contribution in [-0.4, -0.2) is 45.7 Å². The molecule has 1 aliphatic rings. The molecule has 2 N–H and O–H groups in total. The summed E-state index contributed by atoms with van der Waals surface area (Å²) < 4.78 is 4.66. The average molecular weight is 351 g/mol. The summed E-state index contributed by atoms with van der Waals surface area (Å²) in [5.74, 6) is -0.409. The van der Waals surface area contributed by atoms with E-state index >= 15 is 0 Å². The number of aromatic amines is 1. The van der Waals surface area contributed by atoms with E-state index in [0.29, 0.717) is 24.3 Å². The highest BCUT2D eigenvalue weighted by Gasteiger charge is 2.23. The van der Waals surface area contributed by atoms with Crippen molar-refractivity contribution in [3.8, 4) is 0 Å². The highest BCUT2D eigenvalue weighted by molar-refractivity contribution is 5.92. The second kappa shape index (κ2) is 6.47. The van der Waals surface area contributed by atoms with E-state index in [1.54, 1.807) is 41.6 Å². The summed E-state index contributed by atoms with van der Waals surface area (Å²) >= 11 is 0. The van der Waals surface area contributed by atoms with E-state index in [1.807, 2.05) is 0 Å². The van der Waals surface area contributed by atoms with Crippen molar-refractivity contribution in [1.82, 2.24) is 20.1 Å². The Hall–Kier alpha value is -3.42. The van der Waals surface area contributed by atoms with Gasteiger partial charge in [0.2, 0.25) is 0 Å². The van der Waals surface area contributed by atoms with Crippen LogP contribution in [-0.2, 0) is 17.7 Å². The molecule has 8 heteroatoms. The number of H-pyrrole nitrogens is 1. The number of hydrogen-bond acceptors (Lipinski definition) is 5. The Balaban J connectivity index is 1.46. The fourth-order valence-electron chi connectivity index (χ4n) is 3.14. The Labute approximate surface area is 149 Å². The summed E-state index contributed by atoms with van der Waals surface area (Å²) in [4.78, 5) is 30.1. The first kappa shape index (κ1) is 16.1. The van der Waals surface area contributed by atoms with Gasteiger partial charge in [0.15, 0.2) is 5.65 Å². The van der Waals surface area contributed by atoms with Crippen LogP contribution in [0.1, 0.15) is 21.5 Å². The second-order valence-electron chi connectivity index (χ2n) is 6.06. The first-order chi connectivity index (χ1) is 12.7. The monoisotopic (exact) mass is 351 g/mol. The van der Waals surface area contributed by atoms with Gasteiger partial charge in [0.25, 0.3) is 0 Å². The minimum Gasteiger partial charge on any atom is -0.465 e. The first-order valence-electron chi connectivity index (χ1n) is 8.20. The zero-order valence-electron chi connectivity index (χ0n) is 14.2. The molecule has 0 unspecified atom stereocenters. The zero-order chi connectivity index (χ0) is 18.1. The third-order valence-corrected chi connectivity index (χ3v) is 4.52. The molecule has 2 amide bonds. The third-order valence-electron chi connectivity index (χ3n) is 4.52. The summed E-state index contributed by atoms with van der Waals surface area (Å²) in [5.41, 5.74) is 4.05. The van der Waals surface area contributed by atoms with E-state index in [2.05, 4.69) is 25.2 Å². The highest BCUT2D eigenvalue weighted by Crippen LogP contribution is 2.25. The number of pyridine rings is 1. The van der Waals surface area contributed by atoms with Crippen LogP contribution >= 0.6 is 0 Å². The number of urea groups is 1. The molecule has 0 saturated heterocycles. The van der Waals surface area contributed by atoms with Crippen molar-refractivity contribution in [3.05, 3.63) is 53.3 Å². The van der Waals surface area contributed by atoms with Crippen LogP contribution in [0.3, 0.4) is 0 Å². The number of nitrogens with zero attached hydrogens (tertiary/aromatic N) is 3. The molecule has 0 fully saturated rings. The van der Waals surface area contributed by atoms with Gasteiger partial charge in [-0.05, 0) is 41.8 Å². The lowest BCUT2D eigenvalue weighted by Gasteiger charge is -2.29. The maximum Gasteiger partial charge on any atom is 0.337 e.